The fraction of sp³-hybridized carbons (Fsp3) is 0.407. The van der Waals surface area contributed by atoms with E-state index >= 15 is 0 Å². The molecule has 1 unspecified atom stereocenters. The number of aromatic nitrogens is 5. The number of imidazole rings is 1. The van der Waals surface area contributed by atoms with E-state index in [1.54, 1.807) is 42.1 Å². The van der Waals surface area contributed by atoms with Crippen molar-refractivity contribution in [2.24, 2.45) is 7.05 Å². The fourth-order valence-corrected chi connectivity index (χ4v) is 5.65. The van der Waals surface area contributed by atoms with Crippen LogP contribution < -0.4 is 0 Å². The molecule has 0 N–H and O–H groups in total. The van der Waals surface area contributed by atoms with Crippen LogP contribution in [0.2, 0.25) is 0 Å². The molecule has 1 amide bonds. The summed E-state index contributed by atoms with van der Waals surface area (Å²) in [4.78, 5) is 26.7. The molecule has 0 spiro atoms. The maximum Gasteiger partial charge on any atom is 0.265 e. The predicted octanol–water partition coefficient (Wildman–Crippen LogP) is 4.39. The van der Waals surface area contributed by atoms with Gasteiger partial charge in [-0.05, 0) is 25.6 Å². The van der Waals surface area contributed by atoms with Crippen molar-refractivity contribution in [2.75, 3.05) is 26.7 Å². The first-order valence-electron chi connectivity index (χ1n) is 12.6. The van der Waals surface area contributed by atoms with Crippen molar-refractivity contribution in [2.45, 2.75) is 38.8 Å². The molecule has 4 aromatic rings. The van der Waals surface area contributed by atoms with Crippen LogP contribution in [0.4, 0.5) is 8.78 Å². The Balaban J connectivity index is 1.56. The largest absolute Gasteiger partial charge is 0.338 e. The minimum absolute atomic E-state index is 0.0463. The quantitative estimate of drug-likeness (QED) is 0.402. The van der Waals surface area contributed by atoms with Crippen molar-refractivity contribution < 1.29 is 13.6 Å². The lowest BCUT2D eigenvalue weighted by Gasteiger charge is -2.39. The molecule has 1 fully saturated rings. The van der Waals surface area contributed by atoms with Gasteiger partial charge in [-0.2, -0.15) is 5.10 Å². The highest BCUT2D eigenvalue weighted by Gasteiger charge is 2.39. The summed E-state index contributed by atoms with van der Waals surface area (Å²) in [5.41, 5.74) is 3.67. The molecule has 3 aromatic heterocycles. The van der Waals surface area contributed by atoms with Crippen LogP contribution in [0.25, 0.3) is 33.4 Å². The van der Waals surface area contributed by atoms with Crippen LogP contribution in [0.3, 0.4) is 0 Å². The number of rotatable bonds is 5. The third-order valence-electron chi connectivity index (χ3n) is 7.67. The van der Waals surface area contributed by atoms with Gasteiger partial charge in [-0.25, -0.2) is 18.7 Å². The van der Waals surface area contributed by atoms with Crippen LogP contribution in [0.1, 0.15) is 49.3 Å². The van der Waals surface area contributed by atoms with E-state index in [4.69, 9.17) is 4.98 Å². The summed E-state index contributed by atoms with van der Waals surface area (Å²) in [6.45, 7) is 7.21. The van der Waals surface area contributed by atoms with Gasteiger partial charge in [0.1, 0.15) is 11.9 Å². The summed E-state index contributed by atoms with van der Waals surface area (Å²) in [6, 6.07) is 6.80. The van der Waals surface area contributed by atoms with Crippen LogP contribution in [-0.4, -0.2) is 66.7 Å². The Kier molecular flexibility index (Phi) is 5.59. The van der Waals surface area contributed by atoms with Gasteiger partial charge in [-0.1, -0.05) is 19.1 Å². The molecule has 2 aliphatic heterocycles. The van der Waals surface area contributed by atoms with Gasteiger partial charge in [-0.3, -0.25) is 9.48 Å². The molecule has 0 saturated carbocycles. The van der Waals surface area contributed by atoms with E-state index in [1.165, 1.54) is 0 Å². The number of aryl methyl sites for hydroxylation is 1. The number of likely N-dealkylation sites (N-methyl/N-ethyl adjacent to an activating group) is 2. The predicted molar refractivity (Wildman–Crippen MR) is 136 cm³/mol. The van der Waals surface area contributed by atoms with E-state index in [0.717, 1.165) is 42.4 Å². The number of carbonyl (C=O) groups is 1. The van der Waals surface area contributed by atoms with Crippen molar-refractivity contribution in [3.8, 4) is 22.5 Å². The molecule has 2 aliphatic rings. The van der Waals surface area contributed by atoms with Crippen LogP contribution >= 0.6 is 0 Å². The lowest BCUT2D eigenvalue weighted by atomic mass is 9.98. The summed E-state index contributed by atoms with van der Waals surface area (Å²) in [5.74, 6) is 1.17. The number of hydrogen-bond acceptors (Lipinski definition) is 5. The zero-order valence-corrected chi connectivity index (χ0v) is 21.3. The molecule has 1 atom stereocenters. The van der Waals surface area contributed by atoms with E-state index < -0.39 is 6.43 Å². The molecule has 1 aromatic carbocycles. The summed E-state index contributed by atoms with van der Waals surface area (Å²) in [6.07, 6.45) is 0.536. The van der Waals surface area contributed by atoms with Crippen LogP contribution in [-0.2, 0) is 18.4 Å². The third-order valence-corrected chi connectivity index (χ3v) is 7.67. The highest BCUT2D eigenvalue weighted by molar-refractivity contribution is 5.96. The molecule has 192 valence electrons. The van der Waals surface area contributed by atoms with E-state index in [-0.39, 0.29) is 29.1 Å². The van der Waals surface area contributed by atoms with Crippen LogP contribution in [0.15, 0.2) is 36.7 Å². The van der Waals surface area contributed by atoms with Crippen molar-refractivity contribution in [1.82, 2.24) is 34.1 Å². The Morgan fingerprint density at radius 1 is 1.14 bits per heavy atom. The second kappa shape index (κ2) is 8.72. The first kappa shape index (κ1) is 23.7. The van der Waals surface area contributed by atoms with Gasteiger partial charge >= 0.3 is 0 Å². The van der Waals surface area contributed by atoms with E-state index in [9.17, 15) is 13.6 Å². The molecule has 0 radical (unpaired) electrons. The number of likely N-dealkylation sites (tertiary alicyclic amines) is 1. The maximum absolute atomic E-state index is 14.3. The monoisotopic (exact) mass is 505 g/mol. The molecule has 0 aliphatic carbocycles. The van der Waals surface area contributed by atoms with Gasteiger partial charge in [0, 0.05) is 61.4 Å². The topological polar surface area (TPSA) is 72.1 Å². The fourth-order valence-electron chi connectivity index (χ4n) is 5.65. The maximum atomic E-state index is 14.3. The third kappa shape index (κ3) is 3.73. The van der Waals surface area contributed by atoms with E-state index in [1.807, 2.05) is 25.1 Å². The zero-order valence-electron chi connectivity index (χ0n) is 21.3. The Hall–Kier alpha value is -3.66. The number of carbonyl (C=O) groups excluding carboxylic acids is 1. The lowest BCUT2D eigenvalue weighted by Crippen LogP contribution is -2.47. The van der Waals surface area contributed by atoms with Gasteiger partial charge in [-0.15, -0.1) is 0 Å². The molecule has 8 nitrogen and oxygen atoms in total. The number of halogens is 2. The highest BCUT2D eigenvalue weighted by atomic mass is 19.3. The minimum Gasteiger partial charge on any atom is -0.338 e. The number of hydrogen-bond donors (Lipinski definition) is 0. The van der Waals surface area contributed by atoms with Crippen molar-refractivity contribution in [3.63, 3.8) is 0 Å². The summed E-state index contributed by atoms with van der Waals surface area (Å²) in [7, 11) is 3.54. The first-order valence-corrected chi connectivity index (χ1v) is 12.6. The SMILES string of the molecule is CCN1CC(c2nc(-c3cccc4nc(-c5cnn(C)c5)c(C(F)F)cc34)c3n2C(C)C(=O)N(C)C3)C1. The Bertz CT molecular complexity index is 1520. The zero-order chi connectivity index (χ0) is 26.0. The lowest BCUT2D eigenvalue weighted by molar-refractivity contribution is -0.135. The molecule has 0 bridgehead atoms. The number of fused-ring (bicyclic) bond motifs is 2. The van der Waals surface area contributed by atoms with Crippen LogP contribution in [0.5, 0.6) is 0 Å². The minimum atomic E-state index is -2.70. The van der Waals surface area contributed by atoms with E-state index in [2.05, 4.69) is 26.5 Å². The number of alkyl halides is 2. The number of nitrogens with zero attached hydrogens (tertiary/aromatic N) is 7. The van der Waals surface area contributed by atoms with E-state index in [0.29, 0.717) is 23.0 Å². The van der Waals surface area contributed by atoms with Gasteiger partial charge < -0.3 is 14.4 Å². The number of pyridine rings is 1. The molecular weight excluding hydrogens is 476 g/mol. The van der Waals surface area contributed by atoms with Gasteiger partial charge in [0.15, 0.2) is 0 Å². The van der Waals surface area contributed by atoms with Gasteiger partial charge in [0.2, 0.25) is 5.91 Å². The average molecular weight is 506 g/mol. The molecule has 6 rings (SSSR count). The Morgan fingerprint density at radius 2 is 1.92 bits per heavy atom. The second-order valence-corrected chi connectivity index (χ2v) is 10.1. The molecule has 10 heteroatoms. The summed E-state index contributed by atoms with van der Waals surface area (Å²) in [5, 5.41) is 4.75. The molecule has 5 heterocycles. The Morgan fingerprint density at radius 3 is 2.59 bits per heavy atom. The van der Waals surface area contributed by atoms with Gasteiger partial charge in [0.05, 0.1) is 35.3 Å². The molecular formula is C27H29F2N7O. The van der Waals surface area contributed by atoms with Crippen molar-refractivity contribution in [1.29, 1.82) is 0 Å². The van der Waals surface area contributed by atoms with Crippen molar-refractivity contribution in [3.05, 3.63) is 53.7 Å². The number of amides is 1. The van der Waals surface area contributed by atoms with Gasteiger partial charge in [0.25, 0.3) is 6.43 Å². The summed E-state index contributed by atoms with van der Waals surface area (Å²) >= 11 is 0. The van der Waals surface area contributed by atoms with Crippen molar-refractivity contribution >= 4 is 16.8 Å². The second-order valence-electron chi connectivity index (χ2n) is 10.1. The number of benzene rings is 1. The normalized spacial score (nSPS) is 18.6. The molecule has 1 saturated heterocycles. The standard InChI is InChI=1S/C27H29F2N7O/c1-5-35-12-17(13-35)26-32-24(22-14-33(3)27(37)15(2)36(22)26)18-7-6-8-21-19(18)9-20(25(28)29)23(31-21)16-10-30-34(4)11-16/h6-11,15,17,25H,5,12-14H2,1-4H3. The smallest absolute Gasteiger partial charge is 0.265 e. The highest BCUT2D eigenvalue weighted by Crippen LogP contribution is 2.41. The first-order chi connectivity index (χ1) is 17.8. The molecule has 37 heavy (non-hydrogen) atoms. The Labute approximate surface area is 213 Å². The summed E-state index contributed by atoms with van der Waals surface area (Å²) < 4.78 is 32.3. The van der Waals surface area contributed by atoms with Crippen LogP contribution in [0, 0.1) is 0 Å². The average Bonchev–Trinajstić information content (AvgIpc) is 3.44.